The highest BCUT2D eigenvalue weighted by Gasteiger charge is 2.40. The van der Waals surface area contributed by atoms with Crippen LogP contribution < -0.4 is 11.1 Å². The van der Waals surface area contributed by atoms with E-state index in [4.69, 9.17) is 5.73 Å². The Morgan fingerprint density at radius 1 is 0.919 bits per heavy atom. The van der Waals surface area contributed by atoms with Gasteiger partial charge in [-0.05, 0) is 66.3 Å². The lowest BCUT2D eigenvalue weighted by molar-refractivity contribution is -0.143. The van der Waals surface area contributed by atoms with E-state index in [0.717, 1.165) is 0 Å². The highest BCUT2D eigenvalue weighted by Crippen LogP contribution is 2.41. The molecule has 1 unspecified atom stereocenters. The first kappa shape index (κ1) is 27.2. The van der Waals surface area contributed by atoms with Gasteiger partial charge in [0.25, 0.3) is 0 Å². The molecule has 0 radical (unpaired) electrons. The number of amides is 2. The van der Waals surface area contributed by atoms with Gasteiger partial charge in [-0.2, -0.15) is 26.3 Å². The van der Waals surface area contributed by atoms with E-state index in [0.29, 0.717) is 49.2 Å². The van der Waals surface area contributed by atoms with Gasteiger partial charge in [-0.1, -0.05) is 6.07 Å². The minimum absolute atomic E-state index is 0.0302. The molecule has 0 bridgehead atoms. The van der Waals surface area contributed by atoms with Crippen molar-refractivity contribution in [3.8, 4) is 0 Å². The van der Waals surface area contributed by atoms with Crippen molar-refractivity contribution in [1.82, 2.24) is 15.1 Å². The number of hydrogen-bond donors (Lipinski definition) is 2. The fourth-order valence-electron chi connectivity index (χ4n) is 5.13. The number of piperidine rings is 1. The summed E-state index contributed by atoms with van der Waals surface area (Å²) in [5, 5.41) is 3.18. The monoisotopic (exact) mass is 532 g/mol. The molecule has 3 N–H and O–H groups in total. The molecule has 2 saturated heterocycles. The number of hydrogen-bond acceptors (Lipinski definition) is 3. The van der Waals surface area contributed by atoms with Crippen molar-refractivity contribution in [2.45, 2.75) is 50.2 Å². The quantitative estimate of drug-likeness (QED) is 0.505. The first-order valence-corrected chi connectivity index (χ1v) is 12.0. The third-order valence-corrected chi connectivity index (χ3v) is 6.92. The molecule has 0 spiro atoms. The number of carbonyl (C=O) groups is 1. The number of nitrogens with one attached hydrogen (secondary N) is 1. The van der Waals surface area contributed by atoms with E-state index in [9.17, 15) is 35.5 Å². The highest BCUT2D eigenvalue weighted by atomic mass is 19.4. The fraction of sp³-hybridized carbons (Fsp3) is 0.480. The van der Waals surface area contributed by atoms with Crippen LogP contribution in [0.3, 0.4) is 0 Å². The number of nitrogens with two attached hydrogens (primary N) is 1. The van der Waals surface area contributed by atoms with Crippen LogP contribution >= 0.6 is 0 Å². The second-order valence-corrected chi connectivity index (χ2v) is 9.29. The van der Waals surface area contributed by atoms with E-state index >= 15 is 0 Å². The van der Waals surface area contributed by atoms with E-state index in [2.05, 4.69) is 5.32 Å². The Hall–Kier alpha value is -2.86. The van der Waals surface area contributed by atoms with Gasteiger partial charge in [-0.25, -0.2) is 9.18 Å². The average Bonchev–Trinajstić information content (AvgIpc) is 2.87. The first-order chi connectivity index (χ1) is 17.4. The highest BCUT2D eigenvalue weighted by molar-refractivity contribution is 5.76. The number of rotatable bonds is 3. The molecule has 2 amide bonds. The van der Waals surface area contributed by atoms with Crippen molar-refractivity contribution in [3.05, 3.63) is 70.0 Å². The number of halogens is 7. The summed E-state index contributed by atoms with van der Waals surface area (Å²) < 4.78 is 94.7. The number of benzene rings is 2. The second-order valence-electron chi connectivity index (χ2n) is 9.29. The summed E-state index contributed by atoms with van der Waals surface area (Å²) in [6, 6.07) is 3.61. The summed E-state index contributed by atoms with van der Waals surface area (Å²) in [7, 11) is 0. The molecular weight excluding hydrogens is 505 g/mol. The zero-order valence-electron chi connectivity index (χ0n) is 19.8. The van der Waals surface area contributed by atoms with Gasteiger partial charge in [-0.3, -0.25) is 0 Å². The summed E-state index contributed by atoms with van der Waals surface area (Å²) in [5.41, 5.74) is 3.93. The Labute approximate surface area is 209 Å². The van der Waals surface area contributed by atoms with Crippen molar-refractivity contribution in [3.63, 3.8) is 0 Å². The molecule has 0 saturated carbocycles. The van der Waals surface area contributed by atoms with Gasteiger partial charge in [0.2, 0.25) is 0 Å². The molecule has 2 fully saturated rings. The largest absolute Gasteiger partial charge is 0.416 e. The molecule has 5 nitrogen and oxygen atoms in total. The van der Waals surface area contributed by atoms with Crippen molar-refractivity contribution < 1.29 is 35.5 Å². The maximum atomic E-state index is 13.8. The lowest BCUT2D eigenvalue weighted by Crippen LogP contribution is -2.54. The van der Waals surface area contributed by atoms with Gasteiger partial charge in [0, 0.05) is 32.7 Å². The number of nitrogens with zero attached hydrogens (tertiary/aromatic N) is 2. The van der Waals surface area contributed by atoms with Crippen LogP contribution in [0.2, 0.25) is 0 Å². The SMILES string of the molecule is NCc1cc(F)ccc1[C@H]1CNCCN1C(=O)N1CCCCC1c1cc(C(F)(F)F)cc(C(F)(F)F)c1. The summed E-state index contributed by atoms with van der Waals surface area (Å²) in [6.45, 7) is 1.25. The summed E-state index contributed by atoms with van der Waals surface area (Å²) in [6.07, 6.45) is -8.62. The Morgan fingerprint density at radius 2 is 1.57 bits per heavy atom. The topological polar surface area (TPSA) is 61.6 Å². The third kappa shape index (κ3) is 5.85. The van der Waals surface area contributed by atoms with Crippen LogP contribution in [-0.2, 0) is 18.9 Å². The van der Waals surface area contributed by atoms with Gasteiger partial charge in [0.15, 0.2) is 0 Å². The molecule has 2 aromatic rings. The van der Waals surface area contributed by atoms with E-state index in [-0.39, 0.29) is 37.7 Å². The minimum Gasteiger partial charge on any atom is -0.326 e. The van der Waals surface area contributed by atoms with Gasteiger partial charge in [0.05, 0.1) is 23.2 Å². The lowest BCUT2D eigenvalue weighted by atomic mass is 9.92. The van der Waals surface area contributed by atoms with Crippen molar-refractivity contribution >= 4 is 6.03 Å². The Balaban J connectivity index is 1.71. The molecule has 0 aromatic heterocycles. The summed E-state index contributed by atoms with van der Waals surface area (Å²) >= 11 is 0. The minimum atomic E-state index is -4.98. The predicted octanol–water partition coefficient (Wildman–Crippen LogP) is 5.62. The third-order valence-electron chi connectivity index (χ3n) is 6.92. The maximum absolute atomic E-state index is 13.8. The average molecular weight is 533 g/mol. The van der Waals surface area contributed by atoms with Crippen LogP contribution in [0.25, 0.3) is 0 Å². The zero-order valence-corrected chi connectivity index (χ0v) is 19.8. The van der Waals surface area contributed by atoms with Crippen LogP contribution in [0.15, 0.2) is 36.4 Å². The Kier molecular flexibility index (Phi) is 7.70. The van der Waals surface area contributed by atoms with E-state index in [1.807, 2.05) is 0 Å². The van der Waals surface area contributed by atoms with Crippen molar-refractivity contribution in [1.29, 1.82) is 0 Å². The smallest absolute Gasteiger partial charge is 0.326 e. The molecule has 2 aliphatic rings. The standard InChI is InChI=1S/C25H27F7N4O/c26-19-4-5-20(16(11-19)13-33)22-14-34-6-8-36(22)23(37)35-7-2-1-3-21(35)15-9-17(24(27,28)29)12-18(10-15)25(30,31)32/h4-5,9-12,21-22,34H,1-3,6-8,13-14,33H2/t21?,22-/m1/s1. The molecule has 2 atom stereocenters. The van der Waals surface area contributed by atoms with Crippen LogP contribution in [0.1, 0.15) is 59.2 Å². The fourth-order valence-corrected chi connectivity index (χ4v) is 5.13. The van der Waals surface area contributed by atoms with E-state index in [1.54, 1.807) is 11.0 Å². The van der Waals surface area contributed by atoms with Gasteiger partial charge in [-0.15, -0.1) is 0 Å². The van der Waals surface area contributed by atoms with Crippen LogP contribution in [0.4, 0.5) is 35.5 Å². The van der Waals surface area contributed by atoms with Gasteiger partial charge in [0.1, 0.15) is 5.82 Å². The number of alkyl halides is 6. The lowest BCUT2D eigenvalue weighted by Gasteiger charge is -2.44. The number of likely N-dealkylation sites (tertiary alicyclic amines) is 1. The van der Waals surface area contributed by atoms with Crippen LogP contribution in [-0.4, -0.2) is 42.0 Å². The van der Waals surface area contributed by atoms with Crippen molar-refractivity contribution in [2.24, 2.45) is 5.73 Å². The summed E-state index contributed by atoms with van der Waals surface area (Å²) in [5.74, 6) is -0.480. The molecule has 12 heteroatoms. The summed E-state index contributed by atoms with van der Waals surface area (Å²) in [4.78, 5) is 16.7. The Bertz CT molecular complexity index is 1100. The molecule has 2 heterocycles. The molecule has 37 heavy (non-hydrogen) atoms. The molecule has 2 aromatic carbocycles. The van der Waals surface area contributed by atoms with Crippen LogP contribution in [0.5, 0.6) is 0 Å². The predicted molar refractivity (Wildman–Crippen MR) is 122 cm³/mol. The van der Waals surface area contributed by atoms with Gasteiger partial charge >= 0.3 is 18.4 Å². The number of urea groups is 1. The zero-order chi connectivity index (χ0) is 27.0. The molecular formula is C25H27F7N4O. The maximum Gasteiger partial charge on any atom is 0.416 e. The van der Waals surface area contributed by atoms with Gasteiger partial charge < -0.3 is 20.9 Å². The Morgan fingerprint density at radius 3 is 2.19 bits per heavy atom. The van der Waals surface area contributed by atoms with E-state index < -0.39 is 47.4 Å². The molecule has 4 rings (SSSR count). The molecule has 2 aliphatic heterocycles. The second kappa shape index (κ2) is 10.5. The molecule has 202 valence electrons. The van der Waals surface area contributed by atoms with E-state index in [1.165, 1.54) is 17.0 Å². The normalized spacial score (nSPS) is 21.3. The van der Waals surface area contributed by atoms with Crippen molar-refractivity contribution in [2.75, 3.05) is 26.2 Å². The molecule has 0 aliphatic carbocycles. The number of piperazine rings is 1. The van der Waals surface area contributed by atoms with Crippen LogP contribution in [0, 0.1) is 5.82 Å². The first-order valence-electron chi connectivity index (χ1n) is 12.0. The number of carbonyl (C=O) groups excluding carboxylic acids is 1.